The normalized spacial score (nSPS) is 11.4. The SMILES string of the molecule is COCCOc1cc(C(=O)Nc2ccc(C(F)(F)F)nc2)nc(-c2cncn2C)c1. The molecule has 3 aromatic rings. The van der Waals surface area contributed by atoms with E-state index in [1.807, 2.05) is 0 Å². The Labute approximate surface area is 169 Å². The van der Waals surface area contributed by atoms with E-state index < -0.39 is 17.8 Å². The number of hydrogen-bond acceptors (Lipinski definition) is 6. The summed E-state index contributed by atoms with van der Waals surface area (Å²) < 4.78 is 50.2. The summed E-state index contributed by atoms with van der Waals surface area (Å²) in [5.74, 6) is -0.244. The van der Waals surface area contributed by atoms with Gasteiger partial charge >= 0.3 is 6.18 Å². The predicted octanol–water partition coefficient (Wildman–Crippen LogP) is 3.17. The van der Waals surface area contributed by atoms with Gasteiger partial charge in [0, 0.05) is 26.3 Å². The van der Waals surface area contributed by atoms with Crippen molar-refractivity contribution in [3.05, 3.63) is 54.4 Å². The Balaban J connectivity index is 1.86. The summed E-state index contributed by atoms with van der Waals surface area (Å²) in [5, 5.41) is 2.48. The highest BCUT2D eigenvalue weighted by Crippen LogP contribution is 2.28. The molecule has 0 unspecified atom stereocenters. The molecule has 1 N–H and O–H groups in total. The second kappa shape index (κ2) is 8.91. The van der Waals surface area contributed by atoms with Crippen LogP contribution >= 0.6 is 0 Å². The maximum Gasteiger partial charge on any atom is 0.433 e. The molecule has 0 saturated carbocycles. The highest BCUT2D eigenvalue weighted by atomic mass is 19.4. The Bertz CT molecular complexity index is 1020. The van der Waals surface area contributed by atoms with Crippen LogP contribution in [0.1, 0.15) is 16.2 Å². The van der Waals surface area contributed by atoms with E-state index >= 15 is 0 Å². The minimum Gasteiger partial charge on any atom is -0.491 e. The van der Waals surface area contributed by atoms with Crippen molar-refractivity contribution >= 4 is 11.6 Å². The van der Waals surface area contributed by atoms with Gasteiger partial charge in [-0.1, -0.05) is 0 Å². The van der Waals surface area contributed by atoms with E-state index in [0.717, 1.165) is 18.3 Å². The molecule has 0 aliphatic rings. The average molecular weight is 421 g/mol. The molecular weight excluding hydrogens is 403 g/mol. The van der Waals surface area contributed by atoms with Gasteiger partial charge in [-0.3, -0.25) is 4.79 Å². The van der Waals surface area contributed by atoms with Crippen LogP contribution in [0.4, 0.5) is 18.9 Å². The number of nitrogens with zero attached hydrogens (tertiary/aromatic N) is 4. The lowest BCUT2D eigenvalue weighted by atomic mass is 10.2. The molecule has 158 valence electrons. The van der Waals surface area contributed by atoms with Crippen LogP contribution < -0.4 is 10.1 Å². The van der Waals surface area contributed by atoms with Crippen molar-refractivity contribution in [1.29, 1.82) is 0 Å². The van der Waals surface area contributed by atoms with E-state index in [9.17, 15) is 18.0 Å². The molecule has 3 heterocycles. The van der Waals surface area contributed by atoms with Gasteiger partial charge in [-0.15, -0.1) is 0 Å². The summed E-state index contributed by atoms with van der Waals surface area (Å²) in [6.07, 6.45) is -0.455. The van der Waals surface area contributed by atoms with Crippen molar-refractivity contribution in [2.75, 3.05) is 25.6 Å². The van der Waals surface area contributed by atoms with Crippen LogP contribution in [-0.4, -0.2) is 45.7 Å². The number of methoxy groups -OCH3 is 1. The summed E-state index contributed by atoms with van der Waals surface area (Å²) >= 11 is 0. The van der Waals surface area contributed by atoms with Crippen molar-refractivity contribution in [2.45, 2.75) is 6.18 Å². The molecule has 0 radical (unpaired) electrons. The fraction of sp³-hybridized carbons (Fsp3) is 0.263. The first-order chi connectivity index (χ1) is 14.3. The molecular formula is C19H18F3N5O3. The smallest absolute Gasteiger partial charge is 0.433 e. The number of aryl methyl sites for hydroxylation is 1. The zero-order chi connectivity index (χ0) is 21.7. The van der Waals surface area contributed by atoms with Gasteiger partial charge in [0.05, 0.1) is 42.4 Å². The summed E-state index contributed by atoms with van der Waals surface area (Å²) in [5.41, 5.74) is 0.160. The van der Waals surface area contributed by atoms with Gasteiger partial charge < -0.3 is 19.4 Å². The lowest BCUT2D eigenvalue weighted by Crippen LogP contribution is -2.16. The largest absolute Gasteiger partial charge is 0.491 e. The van der Waals surface area contributed by atoms with Gasteiger partial charge in [0.1, 0.15) is 23.7 Å². The monoisotopic (exact) mass is 421 g/mol. The highest BCUT2D eigenvalue weighted by molar-refractivity contribution is 6.03. The number of carbonyl (C=O) groups is 1. The van der Waals surface area contributed by atoms with Gasteiger partial charge in [-0.25, -0.2) is 15.0 Å². The molecule has 30 heavy (non-hydrogen) atoms. The first-order valence-electron chi connectivity index (χ1n) is 8.73. The summed E-state index contributed by atoms with van der Waals surface area (Å²) in [4.78, 5) is 24.4. The summed E-state index contributed by atoms with van der Waals surface area (Å²) in [6, 6.07) is 4.99. The zero-order valence-corrected chi connectivity index (χ0v) is 16.1. The number of ether oxygens (including phenoxy) is 2. The quantitative estimate of drug-likeness (QED) is 0.590. The van der Waals surface area contributed by atoms with E-state index in [0.29, 0.717) is 23.7 Å². The Kier molecular flexibility index (Phi) is 6.31. The number of alkyl halides is 3. The van der Waals surface area contributed by atoms with Crippen LogP contribution in [-0.2, 0) is 18.0 Å². The van der Waals surface area contributed by atoms with Gasteiger partial charge in [-0.2, -0.15) is 13.2 Å². The Morgan fingerprint density at radius 3 is 2.60 bits per heavy atom. The molecule has 0 aromatic carbocycles. The predicted molar refractivity (Wildman–Crippen MR) is 101 cm³/mol. The van der Waals surface area contributed by atoms with Crippen molar-refractivity contribution in [3.8, 4) is 17.1 Å². The van der Waals surface area contributed by atoms with Crippen LogP contribution in [0.25, 0.3) is 11.4 Å². The van der Waals surface area contributed by atoms with Crippen LogP contribution in [0.3, 0.4) is 0 Å². The maximum atomic E-state index is 12.7. The third-order valence-electron chi connectivity index (χ3n) is 3.98. The number of nitrogens with one attached hydrogen (secondary N) is 1. The molecule has 8 nitrogen and oxygen atoms in total. The van der Waals surface area contributed by atoms with E-state index in [1.54, 1.807) is 30.2 Å². The van der Waals surface area contributed by atoms with E-state index in [2.05, 4.69) is 20.3 Å². The fourth-order valence-corrected chi connectivity index (χ4v) is 2.51. The number of rotatable bonds is 7. The molecule has 0 bridgehead atoms. The molecule has 0 aliphatic heterocycles. The number of halogens is 3. The standard InChI is InChI=1S/C19H18F3N5O3/c1-27-11-23-10-16(27)14-7-13(30-6-5-29-2)8-15(26-14)18(28)25-12-3-4-17(24-9-12)19(20,21)22/h3-4,7-11H,5-6H2,1-2H3,(H,25,28). The van der Waals surface area contributed by atoms with E-state index in [-0.39, 0.29) is 18.0 Å². The Morgan fingerprint density at radius 1 is 1.20 bits per heavy atom. The first kappa shape index (κ1) is 21.2. The van der Waals surface area contributed by atoms with Crippen molar-refractivity contribution in [2.24, 2.45) is 7.05 Å². The number of imidazole rings is 1. The van der Waals surface area contributed by atoms with Crippen molar-refractivity contribution in [1.82, 2.24) is 19.5 Å². The van der Waals surface area contributed by atoms with Crippen molar-refractivity contribution < 1.29 is 27.4 Å². The van der Waals surface area contributed by atoms with Crippen LogP contribution in [0, 0.1) is 0 Å². The minimum atomic E-state index is -4.56. The third-order valence-corrected chi connectivity index (χ3v) is 3.98. The number of aromatic nitrogens is 4. The molecule has 0 fully saturated rings. The number of pyridine rings is 2. The Morgan fingerprint density at radius 2 is 2.00 bits per heavy atom. The number of anilines is 1. The van der Waals surface area contributed by atoms with Crippen LogP contribution in [0.2, 0.25) is 0 Å². The number of amides is 1. The zero-order valence-electron chi connectivity index (χ0n) is 16.1. The second-order valence-corrected chi connectivity index (χ2v) is 6.19. The molecule has 0 atom stereocenters. The number of carbonyl (C=O) groups excluding carboxylic acids is 1. The summed E-state index contributed by atoms with van der Waals surface area (Å²) in [6.45, 7) is 0.608. The Hall–Kier alpha value is -3.47. The van der Waals surface area contributed by atoms with Crippen LogP contribution in [0.5, 0.6) is 5.75 Å². The molecule has 0 saturated heterocycles. The van der Waals surface area contributed by atoms with Gasteiger partial charge in [0.2, 0.25) is 0 Å². The molecule has 3 aromatic heterocycles. The minimum absolute atomic E-state index is 0.0148. The van der Waals surface area contributed by atoms with Gasteiger partial charge in [0.25, 0.3) is 5.91 Å². The van der Waals surface area contributed by atoms with E-state index in [1.165, 1.54) is 13.2 Å². The third kappa shape index (κ3) is 5.11. The maximum absolute atomic E-state index is 12.7. The van der Waals surface area contributed by atoms with E-state index in [4.69, 9.17) is 9.47 Å². The second-order valence-electron chi connectivity index (χ2n) is 6.19. The summed E-state index contributed by atoms with van der Waals surface area (Å²) in [7, 11) is 3.31. The lowest BCUT2D eigenvalue weighted by Gasteiger charge is -2.11. The molecule has 11 heteroatoms. The highest BCUT2D eigenvalue weighted by Gasteiger charge is 2.32. The molecule has 3 rings (SSSR count). The average Bonchev–Trinajstić information content (AvgIpc) is 3.13. The molecule has 1 amide bonds. The fourth-order valence-electron chi connectivity index (χ4n) is 2.51. The molecule has 0 aliphatic carbocycles. The molecule has 0 spiro atoms. The van der Waals surface area contributed by atoms with Crippen LogP contribution in [0.15, 0.2) is 43.0 Å². The lowest BCUT2D eigenvalue weighted by molar-refractivity contribution is -0.141. The van der Waals surface area contributed by atoms with Crippen molar-refractivity contribution in [3.63, 3.8) is 0 Å². The number of hydrogen-bond donors (Lipinski definition) is 1. The topological polar surface area (TPSA) is 91.2 Å². The first-order valence-corrected chi connectivity index (χ1v) is 8.73. The van der Waals surface area contributed by atoms with Gasteiger partial charge in [-0.05, 0) is 12.1 Å². The van der Waals surface area contributed by atoms with Gasteiger partial charge in [0.15, 0.2) is 0 Å².